The Balaban J connectivity index is 1.97. The number of carbonyl (C=O) groups is 2. The van der Waals surface area contributed by atoms with Gasteiger partial charge in [-0.3, -0.25) is 9.59 Å². The number of hydrogen-bond donors (Lipinski definition) is 2. The summed E-state index contributed by atoms with van der Waals surface area (Å²) >= 11 is 3.26. The number of ether oxygens (including phenoxy) is 2. The van der Waals surface area contributed by atoms with Gasteiger partial charge in [-0.05, 0) is 52.3 Å². The Hall–Kier alpha value is -3.47. The zero-order valence-electron chi connectivity index (χ0n) is 16.6. The van der Waals surface area contributed by atoms with Crippen molar-refractivity contribution in [3.63, 3.8) is 0 Å². The summed E-state index contributed by atoms with van der Waals surface area (Å²) in [7, 11) is 1.53. The van der Waals surface area contributed by atoms with Gasteiger partial charge in [0.05, 0.1) is 7.11 Å². The van der Waals surface area contributed by atoms with Gasteiger partial charge in [0.15, 0.2) is 22.3 Å². The van der Waals surface area contributed by atoms with E-state index < -0.39 is 40.9 Å². The zero-order chi connectivity index (χ0) is 23.4. The first-order chi connectivity index (χ1) is 15.2. The molecule has 1 aromatic heterocycles. The lowest BCUT2D eigenvalue weighted by atomic mass is 10.1. The number of rotatable bonds is 9. The van der Waals surface area contributed by atoms with Crippen molar-refractivity contribution in [1.29, 1.82) is 0 Å². The number of carboxylic acids is 1. The summed E-state index contributed by atoms with van der Waals surface area (Å²) in [6.07, 6.45) is -1.66. The number of hydrogen-bond acceptors (Lipinski definition) is 6. The van der Waals surface area contributed by atoms with Gasteiger partial charge in [0.25, 0.3) is 5.91 Å². The Morgan fingerprint density at radius 2 is 1.91 bits per heavy atom. The topological polar surface area (TPSA) is 125 Å². The van der Waals surface area contributed by atoms with E-state index in [1.807, 2.05) is 0 Å². The van der Waals surface area contributed by atoms with E-state index in [0.29, 0.717) is 17.0 Å². The number of nitrogens with zero attached hydrogens (tertiary/aromatic N) is 1. The lowest BCUT2D eigenvalue weighted by Gasteiger charge is -2.17. The van der Waals surface area contributed by atoms with Gasteiger partial charge in [0, 0.05) is 18.4 Å². The van der Waals surface area contributed by atoms with Crippen molar-refractivity contribution >= 4 is 27.8 Å². The van der Waals surface area contributed by atoms with E-state index in [2.05, 4.69) is 20.9 Å². The first-order valence-corrected chi connectivity index (χ1v) is 9.97. The van der Waals surface area contributed by atoms with E-state index in [1.165, 1.54) is 7.11 Å². The van der Waals surface area contributed by atoms with Crippen LogP contribution in [0.15, 0.2) is 45.5 Å². The smallest absolute Gasteiger partial charge is 0.303 e. The Kier molecular flexibility index (Phi) is 7.08. The molecule has 8 nitrogen and oxygen atoms in total. The SMILES string of the molecule is COc1ccc(-c2nc(C(CCC(=O)O)Oc3ccc(F)c(C(N)=O)c3F)oc2Br)cc1. The molecule has 168 valence electrons. The van der Waals surface area contributed by atoms with Crippen LogP contribution in [0.1, 0.15) is 35.2 Å². The summed E-state index contributed by atoms with van der Waals surface area (Å²) in [5.41, 5.74) is 5.12. The summed E-state index contributed by atoms with van der Waals surface area (Å²) in [5, 5.41) is 9.06. The van der Waals surface area contributed by atoms with Crippen LogP contribution in [0.5, 0.6) is 11.5 Å². The largest absolute Gasteiger partial charge is 0.497 e. The van der Waals surface area contributed by atoms with Crippen LogP contribution >= 0.6 is 15.9 Å². The van der Waals surface area contributed by atoms with Crippen molar-refractivity contribution in [1.82, 2.24) is 4.98 Å². The molecule has 0 spiro atoms. The summed E-state index contributed by atoms with van der Waals surface area (Å²) in [4.78, 5) is 26.8. The molecule has 0 aliphatic rings. The normalized spacial score (nSPS) is 11.8. The van der Waals surface area contributed by atoms with Gasteiger partial charge in [-0.1, -0.05) is 0 Å². The van der Waals surface area contributed by atoms with Crippen LogP contribution in [0.2, 0.25) is 0 Å². The Labute approximate surface area is 189 Å². The minimum Gasteiger partial charge on any atom is -0.497 e. The highest BCUT2D eigenvalue weighted by Crippen LogP contribution is 2.35. The number of aromatic nitrogens is 1. The number of amides is 1. The van der Waals surface area contributed by atoms with Crippen molar-refractivity contribution in [2.45, 2.75) is 18.9 Å². The Morgan fingerprint density at radius 1 is 1.22 bits per heavy atom. The third-order valence-corrected chi connectivity index (χ3v) is 4.97. The predicted molar refractivity (Wildman–Crippen MR) is 111 cm³/mol. The van der Waals surface area contributed by atoms with Gasteiger partial charge in [-0.15, -0.1) is 0 Å². The number of benzene rings is 2. The van der Waals surface area contributed by atoms with Gasteiger partial charge in [-0.25, -0.2) is 13.8 Å². The number of halogens is 3. The number of primary amides is 1. The third-order valence-electron chi connectivity index (χ3n) is 4.43. The number of methoxy groups -OCH3 is 1. The molecule has 0 bridgehead atoms. The molecular formula is C21H17BrF2N2O6. The molecule has 0 aliphatic carbocycles. The lowest BCUT2D eigenvalue weighted by molar-refractivity contribution is -0.137. The van der Waals surface area contributed by atoms with E-state index in [4.69, 9.17) is 24.7 Å². The second kappa shape index (κ2) is 9.77. The molecule has 32 heavy (non-hydrogen) atoms. The Bertz CT molecular complexity index is 1150. The fourth-order valence-corrected chi connectivity index (χ4v) is 3.36. The van der Waals surface area contributed by atoms with Crippen LogP contribution in [-0.2, 0) is 4.79 Å². The highest BCUT2D eigenvalue weighted by Gasteiger charge is 2.27. The number of carbonyl (C=O) groups excluding carboxylic acids is 1. The quantitative estimate of drug-likeness (QED) is 0.434. The first-order valence-electron chi connectivity index (χ1n) is 9.18. The fourth-order valence-electron chi connectivity index (χ4n) is 2.87. The molecule has 2 aromatic carbocycles. The molecule has 0 aliphatic heterocycles. The zero-order valence-corrected chi connectivity index (χ0v) is 18.2. The van der Waals surface area contributed by atoms with Gasteiger partial charge in [0.2, 0.25) is 5.89 Å². The Morgan fingerprint density at radius 3 is 2.50 bits per heavy atom. The van der Waals surface area contributed by atoms with Crippen LogP contribution < -0.4 is 15.2 Å². The molecule has 0 radical (unpaired) electrons. The maximum Gasteiger partial charge on any atom is 0.303 e. The molecule has 3 aromatic rings. The molecule has 0 fully saturated rings. The predicted octanol–water partition coefficient (Wildman–Crippen LogP) is 4.47. The summed E-state index contributed by atoms with van der Waals surface area (Å²) in [6, 6.07) is 8.68. The number of aliphatic carboxylic acids is 1. The molecular weight excluding hydrogens is 494 g/mol. The van der Waals surface area contributed by atoms with E-state index in [-0.39, 0.29) is 23.4 Å². The average Bonchev–Trinajstić information content (AvgIpc) is 3.13. The van der Waals surface area contributed by atoms with Crippen LogP contribution in [0.25, 0.3) is 11.3 Å². The second-order valence-corrected chi connectivity index (χ2v) is 7.26. The maximum absolute atomic E-state index is 14.6. The first kappa shape index (κ1) is 23.2. The highest BCUT2D eigenvalue weighted by molar-refractivity contribution is 9.10. The van der Waals surface area contributed by atoms with E-state index in [1.54, 1.807) is 24.3 Å². The molecule has 0 saturated heterocycles. The van der Waals surface area contributed by atoms with Crippen molar-refractivity contribution in [2.24, 2.45) is 5.73 Å². The van der Waals surface area contributed by atoms with Crippen molar-refractivity contribution in [2.75, 3.05) is 7.11 Å². The summed E-state index contributed by atoms with van der Waals surface area (Å²) < 4.78 is 44.9. The molecule has 1 atom stereocenters. The van der Waals surface area contributed by atoms with E-state index in [0.717, 1.165) is 12.1 Å². The van der Waals surface area contributed by atoms with Crippen molar-refractivity contribution < 1.29 is 37.4 Å². The van der Waals surface area contributed by atoms with E-state index in [9.17, 15) is 18.4 Å². The molecule has 1 unspecified atom stereocenters. The fraction of sp³-hybridized carbons (Fsp3) is 0.190. The second-order valence-electron chi connectivity index (χ2n) is 6.54. The maximum atomic E-state index is 14.6. The van der Waals surface area contributed by atoms with Gasteiger partial charge < -0.3 is 24.7 Å². The average molecular weight is 511 g/mol. The number of carboxylic acid groups (broad SMARTS) is 1. The van der Waals surface area contributed by atoms with Crippen molar-refractivity contribution in [3.8, 4) is 22.8 Å². The van der Waals surface area contributed by atoms with Crippen LogP contribution in [0.4, 0.5) is 8.78 Å². The molecule has 3 N–H and O–H groups in total. The minimum absolute atomic E-state index is 0.0479. The monoisotopic (exact) mass is 510 g/mol. The standard InChI is InChI=1S/C21H17BrF2N2O6/c1-30-11-4-2-10(3-5-11)18-19(22)32-21(26-18)14(8-9-15(27)28)31-13-7-6-12(23)16(17(13)24)20(25)29/h2-7,14H,8-9H2,1H3,(H2,25,29)(H,27,28). The van der Waals surface area contributed by atoms with Gasteiger partial charge in [0.1, 0.15) is 22.8 Å². The van der Waals surface area contributed by atoms with E-state index >= 15 is 0 Å². The number of nitrogens with two attached hydrogens (primary N) is 1. The summed E-state index contributed by atoms with van der Waals surface area (Å²) in [5.74, 6) is -4.81. The van der Waals surface area contributed by atoms with Gasteiger partial charge in [-0.2, -0.15) is 0 Å². The molecule has 11 heteroatoms. The van der Waals surface area contributed by atoms with Crippen LogP contribution in [0.3, 0.4) is 0 Å². The van der Waals surface area contributed by atoms with Crippen LogP contribution in [-0.4, -0.2) is 29.1 Å². The molecule has 1 heterocycles. The van der Waals surface area contributed by atoms with Crippen LogP contribution in [0, 0.1) is 11.6 Å². The molecule has 3 rings (SSSR count). The molecule has 0 saturated carbocycles. The minimum atomic E-state index is -1.31. The summed E-state index contributed by atoms with van der Waals surface area (Å²) in [6.45, 7) is 0. The highest BCUT2D eigenvalue weighted by atomic mass is 79.9. The number of oxazole rings is 1. The third kappa shape index (κ3) is 5.05. The van der Waals surface area contributed by atoms with Crippen molar-refractivity contribution in [3.05, 3.63) is 64.2 Å². The molecule has 1 amide bonds. The van der Waals surface area contributed by atoms with Gasteiger partial charge >= 0.3 is 5.97 Å². The lowest BCUT2D eigenvalue weighted by Crippen LogP contribution is -2.17.